The molecular weight excluding hydrogens is 789 g/mol. The fourth-order valence-corrected chi connectivity index (χ4v) is 13.0. The van der Waals surface area contributed by atoms with Gasteiger partial charge >= 0.3 is 0 Å². The molecule has 0 heterocycles. The molecule has 43 heavy (non-hydrogen) atoms. The molecule has 0 radical (unpaired) electrons. The lowest BCUT2D eigenvalue weighted by atomic mass is 10.9. The Labute approximate surface area is 303 Å². The molecular formula is C21H40N4O6S12. The maximum absolute atomic E-state index is 12.0. The van der Waals surface area contributed by atoms with Gasteiger partial charge in [0, 0.05) is 54.9 Å². The van der Waals surface area contributed by atoms with Crippen molar-refractivity contribution in [2.75, 3.05) is 96.7 Å². The highest BCUT2D eigenvalue weighted by atomic mass is 32.3. The molecule has 252 valence electrons. The summed E-state index contributed by atoms with van der Waals surface area (Å²) in [6.45, 7) is 0.304. The summed E-state index contributed by atoms with van der Waals surface area (Å²) in [6.07, 6.45) is 0. The third kappa shape index (κ3) is 36.7. The summed E-state index contributed by atoms with van der Waals surface area (Å²) in [5.41, 5.74) is 2.96. The molecule has 2 unspecified atom stereocenters. The van der Waals surface area contributed by atoms with Crippen LogP contribution in [-0.2, 0) is 21.6 Å². The van der Waals surface area contributed by atoms with Crippen molar-refractivity contribution in [3.63, 3.8) is 0 Å². The van der Waals surface area contributed by atoms with E-state index < -0.39 is 21.6 Å². The zero-order chi connectivity index (χ0) is 31.6. The number of amides is 2. The molecule has 0 spiro atoms. The fourth-order valence-electron chi connectivity index (χ4n) is 1.99. The van der Waals surface area contributed by atoms with Crippen molar-refractivity contribution in [3.8, 4) is 0 Å². The number of aliphatic hydroxyl groups is 2. The maximum Gasteiger partial charge on any atom is 0.280 e. The smallest absolute Gasteiger partial charge is 0.280 e. The predicted octanol–water partition coefficient (Wildman–Crippen LogP) is 4.89. The van der Waals surface area contributed by atoms with Gasteiger partial charge in [0.25, 0.3) is 10.5 Å². The summed E-state index contributed by atoms with van der Waals surface area (Å²) in [7, 11) is -2.20. The van der Waals surface area contributed by atoms with Crippen molar-refractivity contribution < 1.29 is 28.2 Å². The lowest BCUT2D eigenvalue weighted by molar-refractivity contribution is 0.261. The van der Waals surface area contributed by atoms with E-state index in [2.05, 4.69) is 20.6 Å². The van der Waals surface area contributed by atoms with Crippen LogP contribution in [0.2, 0.25) is 0 Å². The third-order valence-electron chi connectivity index (χ3n) is 3.69. The molecule has 0 aromatic carbocycles. The topological polar surface area (TPSA) is 158 Å². The summed E-state index contributed by atoms with van der Waals surface area (Å²) in [6, 6.07) is 0. The number of carbonyl (C=O) groups excluding carboxylic acids is 2. The first-order valence-electron chi connectivity index (χ1n) is 12.4. The minimum absolute atomic E-state index is 0.0364. The van der Waals surface area contributed by atoms with E-state index in [0.717, 1.165) is 32.5 Å². The van der Waals surface area contributed by atoms with Gasteiger partial charge in [-0.15, -0.1) is 70.6 Å². The van der Waals surface area contributed by atoms with Crippen molar-refractivity contribution in [3.05, 3.63) is 0 Å². The lowest BCUT2D eigenvalue weighted by Crippen LogP contribution is -2.18. The number of hydrogen-bond acceptors (Lipinski definition) is 18. The van der Waals surface area contributed by atoms with E-state index in [1.807, 2.05) is 0 Å². The number of hydrogen-bond donors (Lipinski definition) is 4. The number of aliphatic imine (C=N–C) groups is 2. The molecule has 2 atom stereocenters. The molecule has 4 N–H and O–H groups in total. The number of rotatable bonds is 30. The molecule has 22 heteroatoms. The zero-order valence-corrected chi connectivity index (χ0v) is 33.3. The van der Waals surface area contributed by atoms with Gasteiger partial charge in [0.1, 0.15) is 0 Å². The Balaban J connectivity index is 3.48. The summed E-state index contributed by atoms with van der Waals surface area (Å²) < 4.78 is 23.7. The van der Waals surface area contributed by atoms with E-state index in [4.69, 9.17) is 10.2 Å². The zero-order valence-electron chi connectivity index (χ0n) is 23.5. The van der Waals surface area contributed by atoms with Crippen LogP contribution in [0.25, 0.3) is 0 Å². The fraction of sp³-hybridized carbons (Fsp3) is 0.810. The van der Waals surface area contributed by atoms with E-state index >= 15 is 0 Å². The van der Waals surface area contributed by atoms with Crippen LogP contribution in [0.5, 0.6) is 0 Å². The highest BCUT2D eigenvalue weighted by Gasteiger charge is 2.03. The van der Waals surface area contributed by atoms with Crippen LogP contribution in [0.15, 0.2) is 9.98 Å². The second kappa shape index (κ2) is 36.8. The first kappa shape index (κ1) is 45.0. The van der Waals surface area contributed by atoms with Crippen LogP contribution in [0.1, 0.15) is 0 Å². The van der Waals surface area contributed by atoms with Crippen LogP contribution >= 0.6 is 118 Å². The molecule has 0 aromatic heterocycles. The summed E-state index contributed by atoms with van der Waals surface area (Å²) >= 11 is 15.2. The van der Waals surface area contributed by atoms with Crippen molar-refractivity contribution in [2.24, 2.45) is 9.98 Å². The largest absolute Gasteiger partial charge is 0.396 e. The number of nitrogens with zero attached hydrogens (tertiary/aromatic N) is 2. The standard InChI is InChI=1S/C21H40N4O6S12/c26-1-3-32-5-6-40-20(28)24-11-36-16-35-10-23-14-43(31)19-39-17-38-18-41-21(29)25-12-37-15-34-9-22-13-42(30)8-7-33-4-2-27/h13-14,26-27H,1-12,15-19H2,(H,24,28)(H,25,29). The van der Waals surface area contributed by atoms with Crippen molar-refractivity contribution in [2.45, 2.75) is 0 Å². The van der Waals surface area contributed by atoms with Gasteiger partial charge in [0.15, 0.2) is 0 Å². The molecule has 0 fully saturated rings. The SMILES string of the molecule is O=C(NCSCSCN=CS(=O)CSCSCSC(=O)NCSCSCN=CS(=O)CCSCCO)SCCSCCO. The molecule has 0 saturated carbocycles. The third-order valence-corrected chi connectivity index (χ3v) is 16.8. The van der Waals surface area contributed by atoms with E-state index in [-0.39, 0.29) is 23.7 Å². The monoisotopic (exact) mass is 828 g/mol. The van der Waals surface area contributed by atoms with E-state index in [1.165, 1.54) is 34.6 Å². The first-order chi connectivity index (χ1) is 21.0. The minimum atomic E-state index is -1.13. The first-order valence-corrected chi connectivity index (χ1v) is 26.4. The quantitative estimate of drug-likeness (QED) is 0.0336. The van der Waals surface area contributed by atoms with Crippen LogP contribution in [0.4, 0.5) is 9.59 Å². The van der Waals surface area contributed by atoms with Crippen molar-refractivity contribution in [1.29, 1.82) is 0 Å². The number of aliphatic hydroxyl groups excluding tert-OH is 2. The molecule has 10 nitrogen and oxygen atoms in total. The van der Waals surface area contributed by atoms with Gasteiger partial charge in [-0.3, -0.25) is 28.0 Å². The molecule has 0 saturated heterocycles. The van der Waals surface area contributed by atoms with Gasteiger partial charge in [-0.1, -0.05) is 23.5 Å². The molecule has 0 aliphatic carbocycles. The van der Waals surface area contributed by atoms with Crippen molar-refractivity contribution in [1.82, 2.24) is 10.6 Å². The van der Waals surface area contributed by atoms with Crippen LogP contribution in [0.3, 0.4) is 0 Å². The van der Waals surface area contributed by atoms with E-state index in [1.54, 1.807) is 94.1 Å². The highest BCUT2D eigenvalue weighted by Crippen LogP contribution is 2.19. The Morgan fingerprint density at radius 3 is 1.79 bits per heavy atom. The van der Waals surface area contributed by atoms with Gasteiger partial charge in [-0.05, 0) is 0 Å². The summed E-state index contributed by atoms with van der Waals surface area (Å²) in [5, 5.41) is 26.4. The summed E-state index contributed by atoms with van der Waals surface area (Å²) in [4.78, 5) is 31.9. The molecule has 0 aliphatic rings. The number of nitrogens with one attached hydrogen (secondary N) is 2. The summed E-state index contributed by atoms with van der Waals surface area (Å²) in [5.74, 6) is 6.34. The second-order valence-electron chi connectivity index (χ2n) is 7.00. The molecule has 0 aromatic rings. The Hall–Kier alpha value is 2.00. The number of thioether (sulfide) groups is 10. The van der Waals surface area contributed by atoms with Crippen molar-refractivity contribution >= 4 is 161 Å². The Morgan fingerprint density at radius 1 is 0.605 bits per heavy atom. The average molecular weight is 829 g/mol. The van der Waals surface area contributed by atoms with Gasteiger partial charge < -0.3 is 20.8 Å². The molecule has 0 bridgehead atoms. The van der Waals surface area contributed by atoms with E-state index in [9.17, 15) is 18.0 Å². The Kier molecular flexibility index (Phi) is 38.5. The second-order valence-corrected chi connectivity index (χ2v) is 21.8. The predicted molar refractivity (Wildman–Crippen MR) is 213 cm³/mol. The molecule has 0 aliphatic heterocycles. The lowest BCUT2D eigenvalue weighted by Gasteiger charge is -2.04. The Bertz CT molecular complexity index is 804. The maximum atomic E-state index is 12.0. The van der Waals surface area contributed by atoms with Gasteiger partial charge in [-0.2, -0.15) is 23.5 Å². The van der Waals surface area contributed by atoms with Gasteiger partial charge in [-0.25, -0.2) is 0 Å². The minimum Gasteiger partial charge on any atom is -0.396 e. The van der Waals surface area contributed by atoms with Crippen LogP contribution < -0.4 is 10.6 Å². The average Bonchev–Trinajstić information content (AvgIpc) is 2.99. The van der Waals surface area contributed by atoms with Crippen LogP contribution in [-0.4, -0.2) is 137 Å². The highest BCUT2D eigenvalue weighted by molar-refractivity contribution is 8.28. The van der Waals surface area contributed by atoms with E-state index in [0.29, 0.717) is 50.9 Å². The van der Waals surface area contributed by atoms with Gasteiger partial charge in [0.2, 0.25) is 0 Å². The Morgan fingerprint density at radius 2 is 1.16 bits per heavy atom. The van der Waals surface area contributed by atoms with Crippen LogP contribution in [0, 0.1) is 0 Å². The molecule has 0 rings (SSSR count). The van der Waals surface area contributed by atoms with Gasteiger partial charge in [0.05, 0.1) is 74.5 Å². The molecule has 2 amide bonds. The number of carbonyl (C=O) groups is 2. The normalized spacial score (nSPS) is 13.1.